The van der Waals surface area contributed by atoms with Gasteiger partial charge in [-0.05, 0) is 16.4 Å². The van der Waals surface area contributed by atoms with E-state index in [-0.39, 0.29) is 5.41 Å². The Morgan fingerprint density at radius 2 is 1.72 bits per heavy atom. The summed E-state index contributed by atoms with van der Waals surface area (Å²) in [6.45, 7) is 11.6. The molecule has 0 aliphatic heterocycles. The zero-order valence-electron chi connectivity index (χ0n) is 12.1. The van der Waals surface area contributed by atoms with E-state index in [1.165, 1.54) is 0 Å². The molecule has 0 fully saturated rings. The molecule has 2 atom stereocenters. The molecule has 0 saturated heterocycles. The lowest BCUT2D eigenvalue weighted by molar-refractivity contribution is -0.154. The average molecular weight is 252 g/mol. The standard InChI is InChI=1S/C15H24O3/c1-13(2,3)11-9-7-8-10(12(16)17)15(11,18)14(4,5)6/h7-10,18H,1-6H3,(H,16,17). The summed E-state index contributed by atoms with van der Waals surface area (Å²) in [6, 6.07) is 0. The van der Waals surface area contributed by atoms with Crippen LogP contribution < -0.4 is 0 Å². The van der Waals surface area contributed by atoms with Crippen LogP contribution in [0, 0.1) is 16.7 Å². The van der Waals surface area contributed by atoms with Crippen LogP contribution in [0.5, 0.6) is 0 Å². The van der Waals surface area contributed by atoms with Crippen LogP contribution in [0.4, 0.5) is 0 Å². The molecule has 1 aliphatic rings. The van der Waals surface area contributed by atoms with Crippen LogP contribution in [0.25, 0.3) is 0 Å². The van der Waals surface area contributed by atoms with Crippen molar-refractivity contribution in [2.45, 2.75) is 47.1 Å². The van der Waals surface area contributed by atoms with Gasteiger partial charge < -0.3 is 10.2 Å². The molecule has 102 valence electrons. The van der Waals surface area contributed by atoms with Crippen molar-refractivity contribution >= 4 is 5.97 Å². The maximum Gasteiger partial charge on any atom is 0.313 e. The van der Waals surface area contributed by atoms with Gasteiger partial charge in [-0.25, -0.2) is 0 Å². The predicted molar refractivity (Wildman–Crippen MR) is 72.2 cm³/mol. The average Bonchev–Trinajstić information content (AvgIpc) is 2.13. The normalized spacial score (nSPS) is 29.1. The fourth-order valence-electron chi connectivity index (χ4n) is 2.65. The molecule has 1 rings (SSSR count). The molecule has 0 aromatic heterocycles. The molecule has 0 spiro atoms. The van der Waals surface area contributed by atoms with Crippen molar-refractivity contribution in [3.05, 3.63) is 23.8 Å². The molecule has 18 heavy (non-hydrogen) atoms. The van der Waals surface area contributed by atoms with E-state index in [4.69, 9.17) is 0 Å². The number of hydrogen-bond donors (Lipinski definition) is 2. The fraction of sp³-hybridized carbons (Fsp3) is 0.667. The molecular formula is C15H24O3. The predicted octanol–water partition coefficient (Wildman–Crippen LogP) is 3.01. The smallest absolute Gasteiger partial charge is 0.313 e. The summed E-state index contributed by atoms with van der Waals surface area (Å²) < 4.78 is 0. The summed E-state index contributed by atoms with van der Waals surface area (Å²) in [7, 11) is 0. The summed E-state index contributed by atoms with van der Waals surface area (Å²) in [5.74, 6) is -1.89. The lowest BCUT2D eigenvalue weighted by Gasteiger charge is -2.50. The molecule has 3 heteroatoms. The van der Waals surface area contributed by atoms with Crippen LogP contribution in [0.2, 0.25) is 0 Å². The topological polar surface area (TPSA) is 57.5 Å². The van der Waals surface area contributed by atoms with Crippen molar-refractivity contribution in [1.82, 2.24) is 0 Å². The van der Waals surface area contributed by atoms with E-state index >= 15 is 0 Å². The van der Waals surface area contributed by atoms with E-state index in [0.29, 0.717) is 0 Å². The highest BCUT2D eigenvalue weighted by Gasteiger charge is 2.54. The van der Waals surface area contributed by atoms with E-state index in [1.807, 2.05) is 47.6 Å². The summed E-state index contributed by atoms with van der Waals surface area (Å²) in [5, 5.41) is 20.5. The van der Waals surface area contributed by atoms with Crippen molar-refractivity contribution < 1.29 is 15.0 Å². The first-order chi connectivity index (χ1) is 7.92. The second-order valence-corrected chi connectivity index (χ2v) is 7.05. The molecule has 0 aromatic rings. The van der Waals surface area contributed by atoms with Crippen LogP contribution in [-0.4, -0.2) is 21.8 Å². The highest BCUT2D eigenvalue weighted by Crippen LogP contribution is 2.50. The molecular weight excluding hydrogens is 228 g/mol. The number of carboxylic acids is 1. The molecule has 1 aliphatic carbocycles. The zero-order valence-corrected chi connectivity index (χ0v) is 12.1. The molecule has 0 aromatic carbocycles. The van der Waals surface area contributed by atoms with Gasteiger partial charge in [-0.15, -0.1) is 0 Å². The van der Waals surface area contributed by atoms with Gasteiger partial charge in [0.05, 0.1) is 0 Å². The van der Waals surface area contributed by atoms with Gasteiger partial charge in [-0.3, -0.25) is 4.79 Å². The zero-order chi connectivity index (χ0) is 14.4. The van der Waals surface area contributed by atoms with Crippen molar-refractivity contribution in [1.29, 1.82) is 0 Å². The SMILES string of the molecule is CC(C)(C)C1=CC=CC(C(=O)O)C1(O)C(C)(C)C. The van der Waals surface area contributed by atoms with Crippen molar-refractivity contribution in [3.8, 4) is 0 Å². The van der Waals surface area contributed by atoms with Gasteiger partial charge in [0.2, 0.25) is 0 Å². The Balaban J connectivity index is 3.47. The number of aliphatic hydroxyl groups is 1. The van der Waals surface area contributed by atoms with Crippen LogP contribution >= 0.6 is 0 Å². The van der Waals surface area contributed by atoms with Gasteiger partial charge in [0.15, 0.2) is 0 Å². The monoisotopic (exact) mass is 252 g/mol. The van der Waals surface area contributed by atoms with E-state index in [2.05, 4.69) is 0 Å². The third-order valence-electron chi connectivity index (χ3n) is 3.64. The minimum Gasteiger partial charge on any atom is -0.481 e. The summed E-state index contributed by atoms with van der Waals surface area (Å²) in [4.78, 5) is 11.5. The second kappa shape index (κ2) is 4.23. The first-order valence-electron chi connectivity index (χ1n) is 6.27. The Kier molecular flexibility index (Phi) is 3.52. The van der Waals surface area contributed by atoms with Gasteiger partial charge in [-0.2, -0.15) is 0 Å². The van der Waals surface area contributed by atoms with Crippen molar-refractivity contribution in [3.63, 3.8) is 0 Å². The Morgan fingerprint density at radius 1 is 1.22 bits per heavy atom. The number of hydrogen-bond acceptors (Lipinski definition) is 2. The Hall–Kier alpha value is -1.09. The van der Waals surface area contributed by atoms with Crippen molar-refractivity contribution in [2.75, 3.05) is 0 Å². The van der Waals surface area contributed by atoms with E-state index < -0.39 is 22.9 Å². The number of allylic oxidation sites excluding steroid dienone is 2. The molecule has 2 N–H and O–H groups in total. The lowest BCUT2D eigenvalue weighted by atomic mass is 9.58. The Bertz CT molecular complexity index is 404. The lowest BCUT2D eigenvalue weighted by Crippen LogP contribution is -2.56. The fourth-order valence-corrected chi connectivity index (χ4v) is 2.65. The molecule has 2 unspecified atom stereocenters. The van der Waals surface area contributed by atoms with Crippen LogP contribution in [-0.2, 0) is 4.79 Å². The number of carbonyl (C=O) groups is 1. The van der Waals surface area contributed by atoms with Crippen LogP contribution in [0.1, 0.15) is 41.5 Å². The number of rotatable bonds is 1. The van der Waals surface area contributed by atoms with E-state index in [0.717, 1.165) is 5.57 Å². The Morgan fingerprint density at radius 3 is 2.06 bits per heavy atom. The van der Waals surface area contributed by atoms with Gasteiger partial charge in [-0.1, -0.05) is 59.8 Å². The van der Waals surface area contributed by atoms with Gasteiger partial charge in [0.25, 0.3) is 0 Å². The highest BCUT2D eigenvalue weighted by molar-refractivity contribution is 5.76. The first-order valence-corrected chi connectivity index (χ1v) is 6.27. The van der Waals surface area contributed by atoms with Crippen LogP contribution in [0.15, 0.2) is 23.8 Å². The molecule has 0 saturated carbocycles. The Labute approximate surface area is 109 Å². The summed E-state index contributed by atoms with van der Waals surface area (Å²) in [6.07, 6.45) is 5.16. The van der Waals surface area contributed by atoms with Gasteiger partial charge >= 0.3 is 5.97 Å². The quantitative estimate of drug-likeness (QED) is 0.754. The molecule has 3 nitrogen and oxygen atoms in total. The van der Waals surface area contributed by atoms with Gasteiger partial charge in [0, 0.05) is 0 Å². The third-order valence-corrected chi connectivity index (χ3v) is 3.64. The molecule has 0 heterocycles. The maximum absolute atomic E-state index is 11.5. The van der Waals surface area contributed by atoms with Gasteiger partial charge in [0.1, 0.15) is 11.5 Å². The third kappa shape index (κ3) is 2.24. The highest BCUT2D eigenvalue weighted by atomic mass is 16.4. The number of carboxylic acid groups (broad SMARTS) is 1. The van der Waals surface area contributed by atoms with E-state index in [1.54, 1.807) is 12.2 Å². The minimum absolute atomic E-state index is 0.277. The minimum atomic E-state index is -1.37. The van der Waals surface area contributed by atoms with Crippen molar-refractivity contribution in [2.24, 2.45) is 16.7 Å². The maximum atomic E-state index is 11.5. The second-order valence-electron chi connectivity index (χ2n) is 7.05. The molecule has 0 bridgehead atoms. The van der Waals surface area contributed by atoms with E-state index in [9.17, 15) is 15.0 Å². The molecule has 0 radical (unpaired) electrons. The summed E-state index contributed by atoms with van der Waals surface area (Å²) >= 11 is 0. The summed E-state index contributed by atoms with van der Waals surface area (Å²) in [5.41, 5.74) is -1.43. The largest absolute Gasteiger partial charge is 0.481 e. The molecule has 0 amide bonds. The van der Waals surface area contributed by atoms with Crippen LogP contribution in [0.3, 0.4) is 0 Å². The number of aliphatic carboxylic acids is 1. The first kappa shape index (κ1) is 15.0.